The van der Waals surface area contributed by atoms with Crippen molar-refractivity contribution in [3.05, 3.63) is 24.3 Å². The second-order valence-electron chi connectivity index (χ2n) is 11.0. The number of carbonyl (C=O) groups excluding carboxylic acids is 1. The number of hydrogen-bond acceptors (Lipinski definition) is 4. The number of aliphatic hydroxyl groups is 3. The second kappa shape index (κ2) is 28.8. The van der Waals surface area contributed by atoms with E-state index in [0.717, 1.165) is 44.9 Å². The van der Waals surface area contributed by atoms with Gasteiger partial charge in [-0.25, -0.2) is 0 Å². The van der Waals surface area contributed by atoms with E-state index in [4.69, 9.17) is 0 Å². The average molecular weight is 538 g/mol. The molecule has 0 aromatic carbocycles. The molecule has 0 spiro atoms. The summed E-state index contributed by atoms with van der Waals surface area (Å²) in [7, 11) is 0. The first-order valence-electron chi connectivity index (χ1n) is 16.1. The highest BCUT2D eigenvalue weighted by Gasteiger charge is 2.26. The Morgan fingerprint density at radius 1 is 0.632 bits per heavy atom. The van der Waals surface area contributed by atoms with Crippen molar-refractivity contribution < 1.29 is 20.1 Å². The molecule has 5 nitrogen and oxygen atoms in total. The minimum absolute atomic E-state index is 0.174. The van der Waals surface area contributed by atoms with Crippen LogP contribution >= 0.6 is 0 Å². The van der Waals surface area contributed by atoms with Crippen LogP contribution < -0.4 is 5.32 Å². The van der Waals surface area contributed by atoms with Crippen molar-refractivity contribution in [3.63, 3.8) is 0 Å². The Kier molecular flexibility index (Phi) is 27.9. The lowest BCUT2D eigenvalue weighted by Crippen LogP contribution is -2.50. The lowest BCUT2D eigenvalue weighted by molar-refractivity contribution is -0.124. The molecule has 1 amide bonds. The monoisotopic (exact) mass is 537 g/mol. The summed E-state index contributed by atoms with van der Waals surface area (Å²) in [6.07, 6.45) is 31.2. The molecule has 5 heteroatoms. The highest BCUT2D eigenvalue weighted by molar-refractivity contribution is 5.76. The summed E-state index contributed by atoms with van der Waals surface area (Å²) in [5, 5.41) is 33.1. The van der Waals surface area contributed by atoms with E-state index >= 15 is 0 Å². The molecule has 0 saturated carbocycles. The van der Waals surface area contributed by atoms with Crippen molar-refractivity contribution >= 4 is 5.91 Å². The quantitative estimate of drug-likeness (QED) is 0.0603. The van der Waals surface area contributed by atoms with Crippen molar-refractivity contribution in [3.8, 4) is 0 Å². The molecule has 0 heterocycles. The number of carbonyl (C=O) groups is 1. The highest BCUT2D eigenvalue weighted by Crippen LogP contribution is 2.12. The minimum Gasteiger partial charge on any atom is -0.394 e. The predicted molar refractivity (Wildman–Crippen MR) is 162 cm³/mol. The first kappa shape index (κ1) is 36.8. The Balaban J connectivity index is 3.83. The van der Waals surface area contributed by atoms with Gasteiger partial charge < -0.3 is 20.6 Å². The van der Waals surface area contributed by atoms with E-state index in [1.165, 1.54) is 83.5 Å². The van der Waals surface area contributed by atoms with Gasteiger partial charge >= 0.3 is 0 Å². The molecule has 0 aliphatic rings. The maximum Gasteiger partial charge on any atom is 0.220 e. The Labute approximate surface area is 235 Å². The summed E-state index contributed by atoms with van der Waals surface area (Å²) >= 11 is 0. The summed E-state index contributed by atoms with van der Waals surface area (Å²) < 4.78 is 0. The first-order valence-corrected chi connectivity index (χ1v) is 16.1. The molecule has 3 atom stereocenters. The zero-order chi connectivity index (χ0) is 28.1. The smallest absolute Gasteiger partial charge is 0.220 e. The summed E-state index contributed by atoms with van der Waals surface area (Å²) in [4.78, 5) is 12.3. The average Bonchev–Trinajstić information content (AvgIpc) is 2.92. The largest absolute Gasteiger partial charge is 0.394 e. The van der Waals surface area contributed by atoms with E-state index in [2.05, 4.69) is 43.5 Å². The highest BCUT2D eigenvalue weighted by atomic mass is 16.3. The number of hydrogen-bond donors (Lipinski definition) is 4. The van der Waals surface area contributed by atoms with Crippen LogP contribution in [0.3, 0.4) is 0 Å². The van der Waals surface area contributed by atoms with Crippen LogP contribution in [0.5, 0.6) is 0 Å². The van der Waals surface area contributed by atoms with Crippen molar-refractivity contribution in [2.75, 3.05) is 6.61 Å². The lowest BCUT2D eigenvalue weighted by atomic mass is 10.0. The third kappa shape index (κ3) is 23.9. The number of rotatable bonds is 28. The maximum atomic E-state index is 12.3. The van der Waals surface area contributed by atoms with Gasteiger partial charge in [-0.15, -0.1) is 0 Å². The lowest BCUT2D eigenvalue weighted by Gasteiger charge is -2.26. The van der Waals surface area contributed by atoms with E-state index in [0.29, 0.717) is 12.8 Å². The second-order valence-corrected chi connectivity index (χ2v) is 11.0. The van der Waals surface area contributed by atoms with Gasteiger partial charge in [-0.2, -0.15) is 0 Å². The van der Waals surface area contributed by atoms with Gasteiger partial charge in [0, 0.05) is 6.42 Å². The van der Waals surface area contributed by atoms with E-state index in [1.54, 1.807) is 0 Å². The van der Waals surface area contributed by atoms with E-state index in [-0.39, 0.29) is 12.5 Å². The third-order valence-electron chi connectivity index (χ3n) is 7.28. The van der Waals surface area contributed by atoms with Crippen molar-refractivity contribution in [1.29, 1.82) is 0 Å². The van der Waals surface area contributed by atoms with Crippen molar-refractivity contribution in [1.82, 2.24) is 5.32 Å². The number of allylic oxidation sites excluding steroid dienone is 4. The molecule has 224 valence electrons. The summed E-state index contributed by atoms with van der Waals surface area (Å²) in [5.41, 5.74) is 0. The topological polar surface area (TPSA) is 89.8 Å². The molecule has 4 N–H and O–H groups in total. The van der Waals surface area contributed by atoms with Crippen LogP contribution in [0.2, 0.25) is 0 Å². The fourth-order valence-corrected chi connectivity index (χ4v) is 4.68. The number of aliphatic hydroxyl groups excluding tert-OH is 3. The summed E-state index contributed by atoms with van der Waals surface area (Å²) in [5.74, 6) is -0.174. The van der Waals surface area contributed by atoms with Gasteiger partial charge in [0.1, 0.15) is 6.10 Å². The van der Waals surface area contributed by atoms with Gasteiger partial charge in [-0.05, 0) is 64.2 Å². The molecular weight excluding hydrogens is 474 g/mol. The Bertz CT molecular complexity index is 563. The molecule has 0 aromatic heterocycles. The Morgan fingerprint density at radius 3 is 1.53 bits per heavy atom. The first-order chi connectivity index (χ1) is 18.6. The van der Waals surface area contributed by atoms with Gasteiger partial charge in [-0.3, -0.25) is 4.79 Å². The molecule has 0 saturated heterocycles. The number of unbranched alkanes of at least 4 members (excludes halogenated alkanes) is 16. The number of amides is 1. The normalized spacial score (nSPS) is 14.3. The van der Waals surface area contributed by atoms with E-state index in [9.17, 15) is 20.1 Å². The van der Waals surface area contributed by atoms with Gasteiger partial charge in [0.25, 0.3) is 0 Å². The zero-order valence-electron chi connectivity index (χ0n) is 25.1. The van der Waals surface area contributed by atoms with Gasteiger partial charge in [0.05, 0.1) is 18.8 Å². The Morgan fingerprint density at radius 2 is 1.05 bits per heavy atom. The van der Waals surface area contributed by atoms with Crippen molar-refractivity contribution in [2.24, 2.45) is 0 Å². The number of nitrogens with one attached hydrogen (secondary N) is 1. The van der Waals surface area contributed by atoms with Crippen LogP contribution in [-0.2, 0) is 4.79 Å². The van der Waals surface area contributed by atoms with Crippen LogP contribution in [0, 0.1) is 0 Å². The molecule has 3 unspecified atom stereocenters. The van der Waals surface area contributed by atoms with Crippen LogP contribution in [0.15, 0.2) is 24.3 Å². The minimum atomic E-state index is -1.16. The van der Waals surface area contributed by atoms with Gasteiger partial charge in [0.15, 0.2) is 0 Å². The van der Waals surface area contributed by atoms with E-state index in [1.807, 2.05) is 0 Å². The fraction of sp³-hybridized carbons (Fsp3) is 0.848. The Hall–Kier alpha value is -1.17. The molecule has 0 rings (SSSR count). The molecule has 0 aliphatic heterocycles. The summed E-state index contributed by atoms with van der Waals surface area (Å²) in [6.45, 7) is 4.10. The molecule has 0 aliphatic carbocycles. The van der Waals surface area contributed by atoms with Crippen LogP contribution in [0.25, 0.3) is 0 Å². The molecule has 0 fully saturated rings. The van der Waals surface area contributed by atoms with Gasteiger partial charge in [0.2, 0.25) is 5.91 Å². The SMILES string of the molecule is CCCCCCCC/C=C\CCCCCC(=O)NC(CO)C(O)C(O)CCC/C=C/CCCCCCCC. The third-order valence-corrected chi connectivity index (χ3v) is 7.28. The van der Waals surface area contributed by atoms with Crippen molar-refractivity contribution in [2.45, 2.75) is 173 Å². The van der Waals surface area contributed by atoms with Gasteiger partial charge in [-0.1, -0.05) is 109 Å². The molecule has 0 aromatic rings. The molecule has 38 heavy (non-hydrogen) atoms. The molecule has 0 bridgehead atoms. The zero-order valence-corrected chi connectivity index (χ0v) is 25.1. The van der Waals surface area contributed by atoms with Crippen LogP contribution in [-0.4, -0.2) is 46.1 Å². The van der Waals surface area contributed by atoms with Crippen LogP contribution in [0.4, 0.5) is 0 Å². The molecular formula is C33H63NO4. The maximum absolute atomic E-state index is 12.3. The molecule has 0 radical (unpaired) electrons. The van der Waals surface area contributed by atoms with Crippen LogP contribution in [0.1, 0.15) is 155 Å². The van der Waals surface area contributed by atoms with E-state index < -0.39 is 18.2 Å². The summed E-state index contributed by atoms with van der Waals surface area (Å²) in [6, 6.07) is -0.828. The predicted octanol–water partition coefficient (Wildman–Crippen LogP) is 7.92. The fourth-order valence-electron chi connectivity index (χ4n) is 4.68. The standard InChI is InChI=1S/C33H63NO4/c1-3-5-7-9-11-13-15-16-18-20-22-24-26-28-32(37)34-30(29-35)33(38)31(36)27-25-23-21-19-17-14-12-10-8-6-4-2/h16,18-19,21,30-31,33,35-36,38H,3-15,17,20,22-29H2,1-2H3,(H,34,37)/b18-16-,21-19+.